The van der Waals surface area contributed by atoms with Crippen LogP contribution in [0, 0.1) is 0 Å². The van der Waals surface area contributed by atoms with E-state index in [1.165, 1.54) is 5.56 Å². The van der Waals surface area contributed by atoms with Crippen molar-refractivity contribution in [3.63, 3.8) is 0 Å². The van der Waals surface area contributed by atoms with E-state index in [1.54, 1.807) is 0 Å². The van der Waals surface area contributed by atoms with E-state index in [9.17, 15) is 4.79 Å². The first kappa shape index (κ1) is 14.9. The number of nitrogens with one attached hydrogen (secondary N) is 1. The fourth-order valence-corrected chi connectivity index (χ4v) is 2.20. The molecule has 1 amide bonds. The molecule has 0 aromatic heterocycles. The van der Waals surface area contributed by atoms with Gasteiger partial charge in [0, 0.05) is 13.2 Å². The second-order valence-corrected chi connectivity index (χ2v) is 5.04. The van der Waals surface area contributed by atoms with Gasteiger partial charge in [-0.3, -0.25) is 4.79 Å². The quantitative estimate of drug-likeness (QED) is 0.832. The molecule has 1 aromatic carbocycles. The van der Waals surface area contributed by atoms with Crippen molar-refractivity contribution in [1.29, 1.82) is 0 Å². The molecule has 20 heavy (non-hydrogen) atoms. The van der Waals surface area contributed by atoms with E-state index in [2.05, 4.69) is 12.2 Å². The Kier molecular flexibility index (Phi) is 5.87. The monoisotopic (exact) mass is 277 g/mol. The highest BCUT2D eigenvalue weighted by atomic mass is 16.5. The van der Waals surface area contributed by atoms with Gasteiger partial charge in [-0.2, -0.15) is 0 Å². The third-order valence-corrected chi connectivity index (χ3v) is 3.33. The van der Waals surface area contributed by atoms with Gasteiger partial charge in [0.15, 0.2) is 0 Å². The Balaban J connectivity index is 1.69. The van der Waals surface area contributed by atoms with Gasteiger partial charge in [-0.15, -0.1) is 0 Å². The van der Waals surface area contributed by atoms with Gasteiger partial charge >= 0.3 is 0 Å². The van der Waals surface area contributed by atoms with Gasteiger partial charge in [0.2, 0.25) is 5.91 Å². The zero-order valence-corrected chi connectivity index (χ0v) is 12.1. The molecule has 1 aliphatic heterocycles. The first-order valence-electron chi connectivity index (χ1n) is 7.40. The SMILES string of the molecule is CCCOc1ccc(CCNC(=O)C2CCCO2)cc1. The van der Waals surface area contributed by atoms with Crippen LogP contribution in [0.2, 0.25) is 0 Å². The summed E-state index contributed by atoms with van der Waals surface area (Å²) < 4.78 is 10.9. The Morgan fingerprint density at radius 2 is 2.20 bits per heavy atom. The lowest BCUT2D eigenvalue weighted by atomic mass is 10.1. The van der Waals surface area contributed by atoms with Gasteiger partial charge in [-0.25, -0.2) is 0 Å². The lowest BCUT2D eigenvalue weighted by molar-refractivity contribution is -0.129. The molecule has 1 N–H and O–H groups in total. The minimum Gasteiger partial charge on any atom is -0.494 e. The highest BCUT2D eigenvalue weighted by Gasteiger charge is 2.22. The van der Waals surface area contributed by atoms with E-state index in [-0.39, 0.29) is 12.0 Å². The minimum atomic E-state index is -0.236. The normalized spacial score (nSPS) is 17.9. The molecule has 1 unspecified atom stereocenters. The number of hydrogen-bond acceptors (Lipinski definition) is 3. The molecule has 1 fully saturated rings. The van der Waals surface area contributed by atoms with Gasteiger partial charge in [0.05, 0.1) is 6.61 Å². The van der Waals surface area contributed by atoms with Crippen molar-refractivity contribution < 1.29 is 14.3 Å². The molecule has 1 heterocycles. The number of carbonyl (C=O) groups excluding carboxylic acids is 1. The lowest BCUT2D eigenvalue weighted by Gasteiger charge is -2.10. The molecule has 1 saturated heterocycles. The van der Waals surface area contributed by atoms with Crippen LogP contribution in [0.4, 0.5) is 0 Å². The van der Waals surface area contributed by atoms with Crippen molar-refractivity contribution in [3.8, 4) is 5.75 Å². The topological polar surface area (TPSA) is 47.6 Å². The third-order valence-electron chi connectivity index (χ3n) is 3.33. The highest BCUT2D eigenvalue weighted by molar-refractivity contribution is 5.80. The highest BCUT2D eigenvalue weighted by Crippen LogP contribution is 2.13. The Morgan fingerprint density at radius 1 is 1.40 bits per heavy atom. The second kappa shape index (κ2) is 7.90. The minimum absolute atomic E-state index is 0.0189. The summed E-state index contributed by atoms with van der Waals surface area (Å²) in [7, 11) is 0. The van der Waals surface area contributed by atoms with E-state index in [0.717, 1.165) is 38.0 Å². The standard InChI is InChI=1S/C16H23NO3/c1-2-11-19-14-7-5-13(6-8-14)9-10-17-16(18)15-4-3-12-20-15/h5-8,15H,2-4,9-12H2,1H3,(H,17,18). The number of hydrogen-bond donors (Lipinski definition) is 1. The third kappa shape index (κ3) is 4.53. The van der Waals surface area contributed by atoms with Crippen LogP contribution in [0.25, 0.3) is 0 Å². The van der Waals surface area contributed by atoms with Crippen molar-refractivity contribution in [2.24, 2.45) is 0 Å². The largest absolute Gasteiger partial charge is 0.494 e. The van der Waals surface area contributed by atoms with E-state index >= 15 is 0 Å². The summed E-state index contributed by atoms with van der Waals surface area (Å²) in [5.74, 6) is 0.921. The zero-order chi connectivity index (χ0) is 14.2. The van der Waals surface area contributed by atoms with Crippen molar-refractivity contribution in [3.05, 3.63) is 29.8 Å². The van der Waals surface area contributed by atoms with Crippen LogP contribution in [-0.4, -0.2) is 31.8 Å². The summed E-state index contributed by atoms with van der Waals surface area (Å²) in [5, 5.41) is 2.93. The smallest absolute Gasteiger partial charge is 0.249 e. The molecule has 4 heteroatoms. The Hall–Kier alpha value is -1.55. The molecule has 0 aliphatic carbocycles. The van der Waals surface area contributed by atoms with Crippen molar-refractivity contribution in [2.75, 3.05) is 19.8 Å². The average molecular weight is 277 g/mol. The zero-order valence-electron chi connectivity index (χ0n) is 12.1. The number of benzene rings is 1. The fraction of sp³-hybridized carbons (Fsp3) is 0.562. The average Bonchev–Trinajstić information content (AvgIpc) is 3.00. The maximum absolute atomic E-state index is 11.8. The molecule has 1 atom stereocenters. The van der Waals surface area contributed by atoms with Crippen molar-refractivity contribution in [1.82, 2.24) is 5.32 Å². The lowest BCUT2D eigenvalue weighted by Crippen LogP contribution is -2.35. The summed E-state index contributed by atoms with van der Waals surface area (Å²) in [6.45, 7) is 4.19. The molecule has 1 aromatic rings. The fourth-order valence-electron chi connectivity index (χ4n) is 2.20. The predicted octanol–water partition coefficient (Wildman–Crippen LogP) is 2.31. The van der Waals surface area contributed by atoms with Crippen LogP contribution in [0.3, 0.4) is 0 Å². The molecule has 4 nitrogen and oxygen atoms in total. The molecule has 0 bridgehead atoms. The first-order valence-corrected chi connectivity index (χ1v) is 7.40. The van der Waals surface area contributed by atoms with Gasteiger partial charge in [-0.05, 0) is 43.4 Å². The molecule has 1 aliphatic rings. The van der Waals surface area contributed by atoms with Crippen LogP contribution < -0.4 is 10.1 Å². The summed E-state index contributed by atoms with van der Waals surface area (Å²) in [6, 6.07) is 8.05. The van der Waals surface area contributed by atoms with Gasteiger partial charge < -0.3 is 14.8 Å². The van der Waals surface area contributed by atoms with Gasteiger partial charge in [0.25, 0.3) is 0 Å². The molecule has 0 saturated carbocycles. The first-order chi connectivity index (χ1) is 9.79. The number of ether oxygens (including phenoxy) is 2. The molecule has 2 rings (SSSR count). The van der Waals surface area contributed by atoms with E-state index < -0.39 is 0 Å². The Labute approximate surface area is 120 Å². The molecule has 110 valence electrons. The second-order valence-electron chi connectivity index (χ2n) is 5.04. The van der Waals surface area contributed by atoms with Crippen molar-refractivity contribution >= 4 is 5.91 Å². The molecular weight excluding hydrogens is 254 g/mol. The maximum Gasteiger partial charge on any atom is 0.249 e. The van der Waals surface area contributed by atoms with Gasteiger partial charge in [-0.1, -0.05) is 19.1 Å². The molecule has 0 radical (unpaired) electrons. The van der Waals surface area contributed by atoms with Crippen LogP contribution in [-0.2, 0) is 16.0 Å². The number of rotatable bonds is 7. The molecule has 0 spiro atoms. The maximum atomic E-state index is 11.8. The van der Waals surface area contributed by atoms with E-state index in [0.29, 0.717) is 13.2 Å². The van der Waals surface area contributed by atoms with Crippen LogP contribution in [0.5, 0.6) is 5.75 Å². The summed E-state index contributed by atoms with van der Waals surface area (Å²) in [6.07, 6.45) is 3.43. The van der Waals surface area contributed by atoms with E-state index in [4.69, 9.17) is 9.47 Å². The van der Waals surface area contributed by atoms with Gasteiger partial charge in [0.1, 0.15) is 11.9 Å². The van der Waals surface area contributed by atoms with Crippen LogP contribution in [0.15, 0.2) is 24.3 Å². The predicted molar refractivity (Wildman–Crippen MR) is 77.9 cm³/mol. The van der Waals surface area contributed by atoms with E-state index in [1.807, 2.05) is 24.3 Å². The summed E-state index contributed by atoms with van der Waals surface area (Å²) in [5.41, 5.74) is 1.20. The summed E-state index contributed by atoms with van der Waals surface area (Å²) in [4.78, 5) is 11.8. The number of amides is 1. The van der Waals surface area contributed by atoms with Crippen LogP contribution >= 0.6 is 0 Å². The number of carbonyl (C=O) groups is 1. The summed E-state index contributed by atoms with van der Waals surface area (Å²) >= 11 is 0. The van der Waals surface area contributed by atoms with Crippen LogP contribution in [0.1, 0.15) is 31.7 Å². The Bertz CT molecular complexity index is 410. The Morgan fingerprint density at radius 3 is 2.85 bits per heavy atom. The van der Waals surface area contributed by atoms with Crippen molar-refractivity contribution in [2.45, 2.75) is 38.7 Å². The molecular formula is C16H23NO3.